The highest BCUT2D eigenvalue weighted by Gasteiger charge is 2.26. The SMILES string of the molecule is CC(C)N(C(=O)CN1CCC(CC(=O)O)CC1)C(C)C. The van der Waals surface area contributed by atoms with E-state index in [9.17, 15) is 9.59 Å². The van der Waals surface area contributed by atoms with E-state index in [1.165, 1.54) is 0 Å². The standard InChI is InChI=1S/C15H28N2O3/c1-11(2)17(12(3)4)14(18)10-16-7-5-13(6-8-16)9-15(19)20/h11-13H,5-10H2,1-4H3,(H,19,20). The third-order valence-corrected chi connectivity index (χ3v) is 3.93. The van der Waals surface area contributed by atoms with Crippen LogP contribution >= 0.6 is 0 Å². The fourth-order valence-electron chi connectivity index (χ4n) is 3.04. The van der Waals surface area contributed by atoms with Crippen LogP contribution in [-0.4, -0.2) is 58.5 Å². The van der Waals surface area contributed by atoms with Crippen molar-refractivity contribution in [3.63, 3.8) is 0 Å². The van der Waals surface area contributed by atoms with Crippen molar-refractivity contribution in [2.24, 2.45) is 5.92 Å². The van der Waals surface area contributed by atoms with Gasteiger partial charge >= 0.3 is 5.97 Å². The van der Waals surface area contributed by atoms with Gasteiger partial charge in [-0.1, -0.05) is 0 Å². The lowest BCUT2D eigenvalue weighted by atomic mass is 9.93. The summed E-state index contributed by atoms with van der Waals surface area (Å²) in [7, 11) is 0. The number of piperidine rings is 1. The first-order valence-corrected chi connectivity index (χ1v) is 7.56. The Morgan fingerprint density at radius 1 is 1.15 bits per heavy atom. The molecule has 20 heavy (non-hydrogen) atoms. The van der Waals surface area contributed by atoms with Gasteiger partial charge in [0.2, 0.25) is 5.91 Å². The Labute approximate surface area is 121 Å². The van der Waals surface area contributed by atoms with Crippen LogP contribution in [-0.2, 0) is 9.59 Å². The summed E-state index contributed by atoms with van der Waals surface area (Å²) in [5, 5.41) is 8.80. The molecular weight excluding hydrogens is 256 g/mol. The predicted molar refractivity (Wildman–Crippen MR) is 78.5 cm³/mol. The third-order valence-electron chi connectivity index (χ3n) is 3.93. The van der Waals surface area contributed by atoms with Gasteiger partial charge in [-0.2, -0.15) is 0 Å². The van der Waals surface area contributed by atoms with Crippen LogP contribution in [0.5, 0.6) is 0 Å². The first-order chi connectivity index (χ1) is 9.31. The van der Waals surface area contributed by atoms with Crippen LogP contribution in [0, 0.1) is 5.92 Å². The lowest BCUT2D eigenvalue weighted by molar-refractivity contribution is -0.139. The molecule has 0 saturated carbocycles. The number of amides is 1. The van der Waals surface area contributed by atoms with Crippen molar-refractivity contribution in [2.45, 2.75) is 59.0 Å². The fraction of sp³-hybridized carbons (Fsp3) is 0.867. The van der Waals surface area contributed by atoms with Gasteiger partial charge in [0.25, 0.3) is 0 Å². The molecule has 116 valence electrons. The maximum atomic E-state index is 12.3. The van der Waals surface area contributed by atoms with Crippen LogP contribution in [0.15, 0.2) is 0 Å². The van der Waals surface area contributed by atoms with E-state index >= 15 is 0 Å². The lowest BCUT2D eigenvalue weighted by Gasteiger charge is -2.35. The van der Waals surface area contributed by atoms with Crippen molar-refractivity contribution in [3.8, 4) is 0 Å². The number of likely N-dealkylation sites (tertiary alicyclic amines) is 1. The summed E-state index contributed by atoms with van der Waals surface area (Å²) in [4.78, 5) is 27.1. The minimum atomic E-state index is -0.717. The predicted octanol–water partition coefficient (Wildman–Crippen LogP) is 1.82. The zero-order valence-corrected chi connectivity index (χ0v) is 13.1. The number of hydrogen-bond donors (Lipinski definition) is 1. The molecule has 0 aliphatic carbocycles. The van der Waals surface area contributed by atoms with E-state index < -0.39 is 5.97 Å². The Morgan fingerprint density at radius 3 is 2.05 bits per heavy atom. The first-order valence-electron chi connectivity index (χ1n) is 7.56. The zero-order valence-electron chi connectivity index (χ0n) is 13.1. The second-order valence-electron chi connectivity index (χ2n) is 6.31. The topological polar surface area (TPSA) is 60.9 Å². The second kappa shape index (κ2) is 7.62. The number of hydrogen-bond acceptors (Lipinski definition) is 3. The Bertz CT molecular complexity index is 326. The first kappa shape index (κ1) is 17.0. The molecule has 0 aromatic heterocycles. The van der Waals surface area contributed by atoms with E-state index in [0.717, 1.165) is 25.9 Å². The van der Waals surface area contributed by atoms with Crippen molar-refractivity contribution in [1.82, 2.24) is 9.80 Å². The van der Waals surface area contributed by atoms with Gasteiger partial charge in [0.15, 0.2) is 0 Å². The molecule has 1 rings (SSSR count). The molecule has 1 N–H and O–H groups in total. The fourth-order valence-corrected chi connectivity index (χ4v) is 3.04. The van der Waals surface area contributed by atoms with Gasteiger partial charge in [0.05, 0.1) is 6.54 Å². The molecule has 1 saturated heterocycles. The van der Waals surface area contributed by atoms with E-state index in [0.29, 0.717) is 6.54 Å². The van der Waals surface area contributed by atoms with Gasteiger partial charge in [-0.25, -0.2) is 0 Å². The van der Waals surface area contributed by atoms with Crippen LogP contribution in [0.2, 0.25) is 0 Å². The molecule has 0 aromatic carbocycles. The molecule has 0 aromatic rings. The summed E-state index contributed by atoms with van der Waals surface area (Å²) in [5.74, 6) is -0.276. The summed E-state index contributed by atoms with van der Waals surface area (Å²) in [6, 6.07) is 0.430. The number of carboxylic acids is 1. The molecule has 1 aliphatic rings. The van der Waals surface area contributed by atoms with Gasteiger partial charge in [-0.15, -0.1) is 0 Å². The molecule has 0 radical (unpaired) electrons. The monoisotopic (exact) mass is 284 g/mol. The molecule has 1 heterocycles. The van der Waals surface area contributed by atoms with Crippen LogP contribution in [0.25, 0.3) is 0 Å². The number of carbonyl (C=O) groups excluding carboxylic acids is 1. The summed E-state index contributed by atoms with van der Waals surface area (Å²) in [5.41, 5.74) is 0. The normalized spacial score (nSPS) is 17.7. The molecule has 0 unspecified atom stereocenters. The van der Waals surface area contributed by atoms with Crippen molar-refractivity contribution >= 4 is 11.9 Å². The van der Waals surface area contributed by atoms with Gasteiger partial charge in [0.1, 0.15) is 0 Å². The van der Waals surface area contributed by atoms with Crippen molar-refractivity contribution in [2.75, 3.05) is 19.6 Å². The summed E-state index contributed by atoms with van der Waals surface area (Å²) >= 11 is 0. The average Bonchev–Trinajstić information content (AvgIpc) is 2.29. The van der Waals surface area contributed by atoms with Crippen LogP contribution < -0.4 is 0 Å². The molecule has 1 fully saturated rings. The zero-order chi connectivity index (χ0) is 15.3. The molecule has 1 amide bonds. The number of carbonyl (C=O) groups is 2. The molecule has 5 nitrogen and oxygen atoms in total. The largest absolute Gasteiger partial charge is 0.481 e. The maximum Gasteiger partial charge on any atom is 0.303 e. The molecule has 0 bridgehead atoms. The van der Waals surface area contributed by atoms with Gasteiger partial charge < -0.3 is 10.0 Å². The Morgan fingerprint density at radius 2 is 1.65 bits per heavy atom. The smallest absolute Gasteiger partial charge is 0.303 e. The number of nitrogens with zero attached hydrogens (tertiary/aromatic N) is 2. The van der Waals surface area contributed by atoms with Gasteiger partial charge in [-0.3, -0.25) is 14.5 Å². The second-order valence-corrected chi connectivity index (χ2v) is 6.31. The molecule has 1 aliphatic heterocycles. The Balaban J connectivity index is 2.43. The quantitative estimate of drug-likeness (QED) is 0.808. The minimum absolute atomic E-state index is 0.173. The highest BCUT2D eigenvalue weighted by molar-refractivity contribution is 5.78. The summed E-state index contributed by atoms with van der Waals surface area (Å²) in [6.45, 7) is 10.3. The molecule has 0 spiro atoms. The molecule has 0 atom stereocenters. The van der Waals surface area contributed by atoms with E-state index in [1.54, 1.807) is 0 Å². The molecule has 5 heteroatoms. The average molecular weight is 284 g/mol. The van der Waals surface area contributed by atoms with E-state index in [1.807, 2.05) is 32.6 Å². The van der Waals surface area contributed by atoms with E-state index in [-0.39, 0.29) is 30.3 Å². The van der Waals surface area contributed by atoms with Crippen LogP contribution in [0.4, 0.5) is 0 Å². The number of rotatable bonds is 6. The molecular formula is C15H28N2O3. The van der Waals surface area contributed by atoms with Crippen molar-refractivity contribution < 1.29 is 14.7 Å². The number of carboxylic acid groups (broad SMARTS) is 1. The summed E-state index contributed by atoms with van der Waals surface area (Å²) in [6.07, 6.45) is 2.01. The third kappa shape index (κ3) is 5.12. The van der Waals surface area contributed by atoms with Crippen LogP contribution in [0.3, 0.4) is 0 Å². The van der Waals surface area contributed by atoms with Crippen molar-refractivity contribution in [3.05, 3.63) is 0 Å². The number of aliphatic carboxylic acids is 1. The van der Waals surface area contributed by atoms with Gasteiger partial charge in [-0.05, 0) is 59.5 Å². The minimum Gasteiger partial charge on any atom is -0.481 e. The van der Waals surface area contributed by atoms with Gasteiger partial charge in [0, 0.05) is 18.5 Å². The van der Waals surface area contributed by atoms with Crippen molar-refractivity contribution in [1.29, 1.82) is 0 Å². The summed E-state index contributed by atoms with van der Waals surface area (Å²) < 4.78 is 0. The highest BCUT2D eigenvalue weighted by Crippen LogP contribution is 2.20. The Hall–Kier alpha value is -1.10. The maximum absolute atomic E-state index is 12.3. The Kier molecular flexibility index (Phi) is 6.46. The van der Waals surface area contributed by atoms with E-state index in [4.69, 9.17) is 5.11 Å². The highest BCUT2D eigenvalue weighted by atomic mass is 16.4. The van der Waals surface area contributed by atoms with Crippen LogP contribution in [0.1, 0.15) is 47.0 Å². The van der Waals surface area contributed by atoms with E-state index in [2.05, 4.69) is 4.90 Å². The lowest BCUT2D eigenvalue weighted by Crippen LogP contribution is -2.48.